The molecule has 4 aromatic rings. The van der Waals surface area contributed by atoms with Gasteiger partial charge in [0.25, 0.3) is 0 Å². The number of rotatable bonds is 15. The molecule has 13 nitrogen and oxygen atoms in total. The van der Waals surface area contributed by atoms with Crippen molar-refractivity contribution in [3.05, 3.63) is 84.1 Å². The average molecular weight is 618 g/mol. The number of carboxylic acid groups (broad SMARTS) is 1. The van der Waals surface area contributed by atoms with E-state index >= 15 is 0 Å². The molecule has 0 saturated carbocycles. The first-order valence-corrected chi connectivity index (χ1v) is 14.7. The maximum absolute atomic E-state index is 13.7. The molecule has 0 radical (unpaired) electrons. The summed E-state index contributed by atoms with van der Waals surface area (Å²) in [4.78, 5) is 62.4. The molecule has 0 saturated heterocycles. The quantitative estimate of drug-likeness (QED) is 0.0977. The van der Waals surface area contributed by atoms with Crippen LogP contribution in [-0.2, 0) is 38.4 Å². The lowest BCUT2D eigenvalue weighted by Gasteiger charge is -2.28. The summed E-state index contributed by atoms with van der Waals surface area (Å²) in [5.41, 5.74) is 9.19. The van der Waals surface area contributed by atoms with Crippen molar-refractivity contribution in [1.82, 2.24) is 30.9 Å². The van der Waals surface area contributed by atoms with Crippen molar-refractivity contribution in [3.63, 3.8) is 0 Å². The zero-order valence-electron chi connectivity index (χ0n) is 25.1. The van der Waals surface area contributed by atoms with Crippen LogP contribution in [0.2, 0.25) is 0 Å². The number of H-pyrrole nitrogens is 2. The van der Waals surface area contributed by atoms with Gasteiger partial charge in [0.15, 0.2) is 0 Å². The van der Waals surface area contributed by atoms with Crippen LogP contribution < -0.4 is 21.7 Å². The smallest absolute Gasteiger partial charge is 0.326 e. The lowest BCUT2D eigenvalue weighted by atomic mass is 9.96. The maximum atomic E-state index is 13.7. The fraction of sp³-hybridized carbons (Fsp3) is 0.344. The number of phenols is 1. The Kier molecular flexibility index (Phi) is 10.9. The van der Waals surface area contributed by atoms with Gasteiger partial charge in [-0.25, -0.2) is 9.78 Å². The number of carbonyl (C=O) groups is 4. The number of carbonyl (C=O) groups excluding carboxylic acids is 3. The Morgan fingerprint density at radius 2 is 1.60 bits per heavy atom. The molecule has 5 atom stereocenters. The molecule has 0 fully saturated rings. The molecule has 0 aliphatic rings. The van der Waals surface area contributed by atoms with Crippen molar-refractivity contribution in [3.8, 4) is 5.75 Å². The minimum atomic E-state index is -1.31. The van der Waals surface area contributed by atoms with E-state index in [9.17, 15) is 29.4 Å². The number of hydrogen-bond acceptors (Lipinski definition) is 7. The number of para-hydroxylation sites is 1. The van der Waals surface area contributed by atoms with Gasteiger partial charge in [0.1, 0.15) is 23.9 Å². The minimum absolute atomic E-state index is 0.00955. The highest BCUT2D eigenvalue weighted by Crippen LogP contribution is 2.19. The second-order valence-corrected chi connectivity index (χ2v) is 11.2. The van der Waals surface area contributed by atoms with Crippen LogP contribution in [0.4, 0.5) is 0 Å². The topological polar surface area (TPSA) is 215 Å². The van der Waals surface area contributed by atoms with Crippen LogP contribution in [-0.4, -0.2) is 73.0 Å². The highest BCUT2D eigenvalue weighted by molar-refractivity contribution is 5.94. The summed E-state index contributed by atoms with van der Waals surface area (Å²) in [5, 5.41) is 28.3. The molecule has 13 heteroatoms. The minimum Gasteiger partial charge on any atom is -0.508 e. The molecule has 2 aromatic carbocycles. The van der Waals surface area contributed by atoms with E-state index < -0.39 is 47.9 Å². The Bertz CT molecular complexity index is 1600. The summed E-state index contributed by atoms with van der Waals surface area (Å²) in [6, 6.07) is 9.18. The highest BCUT2D eigenvalue weighted by Gasteiger charge is 2.33. The number of phenolic OH excluding ortho intramolecular Hbond substituents is 1. The fourth-order valence-corrected chi connectivity index (χ4v) is 5.02. The molecule has 5 unspecified atom stereocenters. The number of amides is 3. The maximum Gasteiger partial charge on any atom is 0.326 e. The summed E-state index contributed by atoms with van der Waals surface area (Å²) in [7, 11) is 0. The van der Waals surface area contributed by atoms with Gasteiger partial charge in [0.05, 0.1) is 12.4 Å². The number of nitrogens with two attached hydrogens (primary N) is 1. The molecule has 0 spiro atoms. The summed E-state index contributed by atoms with van der Waals surface area (Å²) in [5.74, 6) is -3.41. The third kappa shape index (κ3) is 8.70. The highest BCUT2D eigenvalue weighted by atomic mass is 16.4. The number of aromatic hydroxyl groups is 1. The van der Waals surface area contributed by atoms with E-state index in [1.807, 2.05) is 31.2 Å². The van der Waals surface area contributed by atoms with Crippen molar-refractivity contribution in [2.45, 2.75) is 63.7 Å². The Balaban J connectivity index is 1.47. The number of imidazole rings is 1. The van der Waals surface area contributed by atoms with Gasteiger partial charge in [-0.2, -0.15) is 0 Å². The second kappa shape index (κ2) is 15.0. The number of fused-ring (bicyclic) bond motifs is 1. The van der Waals surface area contributed by atoms with E-state index in [4.69, 9.17) is 5.73 Å². The number of carboxylic acids is 1. The zero-order valence-corrected chi connectivity index (χ0v) is 25.1. The third-order valence-electron chi connectivity index (χ3n) is 7.85. The lowest BCUT2D eigenvalue weighted by Crippen LogP contribution is -2.59. The summed E-state index contributed by atoms with van der Waals surface area (Å²) < 4.78 is 0. The van der Waals surface area contributed by atoms with Crippen LogP contribution in [0, 0.1) is 5.92 Å². The first kappa shape index (κ1) is 32.7. The molecule has 2 heterocycles. The molecule has 9 N–H and O–H groups in total. The number of hydrogen-bond donors (Lipinski definition) is 8. The zero-order chi connectivity index (χ0) is 32.5. The third-order valence-corrected chi connectivity index (χ3v) is 7.85. The van der Waals surface area contributed by atoms with E-state index in [2.05, 4.69) is 30.9 Å². The van der Waals surface area contributed by atoms with E-state index in [0.717, 1.165) is 16.5 Å². The number of aromatic amines is 2. The number of aromatic nitrogens is 3. The van der Waals surface area contributed by atoms with Gasteiger partial charge in [-0.1, -0.05) is 50.6 Å². The molecular weight excluding hydrogens is 578 g/mol. The Labute approximate surface area is 260 Å². The first-order valence-electron chi connectivity index (χ1n) is 14.7. The number of nitrogens with one attached hydrogen (secondary N) is 5. The van der Waals surface area contributed by atoms with Crippen molar-refractivity contribution >= 4 is 34.6 Å². The average Bonchev–Trinajstić information content (AvgIpc) is 3.69. The van der Waals surface area contributed by atoms with Gasteiger partial charge in [-0.3, -0.25) is 14.4 Å². The molecule has 0 aliphatic carbocycles. The molecule has 238 valence electrons. The van der Waals surface area contributed by atoms with Gasteiger partial charge in [-0.05, 0) is 41.7 Å². The van der Waals surface area contributed by atoms with Crippen LogP contribution in [0.5, 0.6) is 5.75 Å². The van der Waals surface area contributed by atoms with Gasteiger partial charge in [-0.15, -0.1) is 0 Å². The molecule has 4 rings (SSSR count). The standard InChI is InChI=1S/C32H39N7O6/c1-3-18(2)28(39-29(41)24(33)13-20-15-35-25-7-5-4-6-23(20)25)31(43)37-26(14-21-16-34-17-36-21)30(42)38-27(32(44)45)12-19-8-10-22(40)11-9-19/h4-11,15-18,24,26-28,35,40H,3,12-14,33H2,1-2H3,(H,34,36)(H,37,43)(H,38,42)(H,39,41)(H,44,45). The van der Waals surface area contributed by atoms with Crippen molar-refractivity contribution < 1.29 is 29.4 Å². The van der Waals surface area contributed by atoms with Gasteiger partial charge < -0.3 is 41.9 Å². The number of benzene rings is 2. The van der Waals surface area contributed by atoms with Crippen molar-refractivity contribution in [2.24, 2.45) is 11.7 Å². The van der Waals surface area contributed by atoms with Crippen LogP contribution >= 0.6 is 0 Å². The Morgan fingerprint density at radius 1 is 0.889 bits per heavy atom. The van der Waals surface area contributed by atoms with E-state index in [1.165, 1.54) is 24.7 Å². The molecule has 0 bridgehead atoms. The largest absolute Gasteiger partial charge is 0.508 e. The van der Waals surface area contributed by atoms with E-state index in [1.54, 1.807) is 25.3 Å². The van der Waals surface area contributed by atoms with Gasteiger partial charge in [0.2, 0.25) is 17.7 Å². The molecular formula is C32H39N7O6. The fourth-order valence-electron chi connectivity index (χ4n) is 5.02. The van der Waals surface area contributed by atoms with Crippen LogP contribution in [0.1, 0.15) is 37.1 Å². The van der Waals surface area contributed by atoms with Gasteiger partial charge in [0, 0.05) is 41.8 Å². The Hall–Kier alpha value is -5.17. The van der Waals surface area contributed by atoms with Crippen LogP contribution in [0.25, 0.3) is 10.9 Å². The number of nitrogens with zero attached hydrogens (tertiary/aromatic N) is 1. The Morgan fingerprint density at radius 3 is 2.27 bits per heavy atom. The van der Waals surface area contributed by atoms with Crippen LogP contribution in [0.3, 0.4) is 0 Å². The second-order valence-electron chi connectivity index (χ2n) is 11.2. The van der Waals surface area contributed by atoms with Crippen molar-refractivity contribution in [2.75, 3.05) is 0 Å². The summed E-state index contributed by atoms with van der Waals surface area (Å²) in [6.45, 7) is 3.68. The summed E-state index contributed by atoms with van der Waals surface area (Å²) in [6.07, 6.45) is 5.45. The predicted molar refractivity (Wildman–Crippen MR) is 167 cm³/mol. The van der Waals surface area contributed by atoms with Gasteiger partial charge >= 0.3 is 5.97 Å². The van der Waals surface area contributed by atoms with Crippen LogP contribution in [0.15, 0.2) is 67.3 Å². The first-order chi connectivity index (χ1) is 21.5. The lowest BCUT2D eigenvalue weighted by molar-refractivity contribution is -0.142. The molecule has 3 amide bonds. The predicted octanol–water partition coefficient (Wildman–Crippen LogP) is 1.54. The molecule has 2 aromatic heterocycles. The SMILES string of the molecule is CCC(C)C(NC(=O)C(N)Cc1c[nH]c2ccccc12)C(=O)NC(Cc1cnc[nH]1)C(=O)NC(Cc1ccc(O)cc1)C(=O)O. The molecule has 0 aliphatic heterocycles. The summed E-state index contributed by atoms with van der Waals surface area (Å²) >= 11 is 0. The van der Waals surface area contributed by atoms with E-state index in [-0.39, 0.29) is 30.9 Å². The van der Waals surface area contributed by atoms with Crippen molar-refractivity contribution in [1.29, 1.82) is 0 Å². The normalized spacial score (nSPS) is 14.6. The molecule has 45 heavy (non-hydrogen) atoms. The number of aliphatic carboxylic acids is 1. The monoisotopic (exact) mass is 617 g/mol. The van der Waals surface area contributed by atoms with E-state index in [0.29, 0.717) is 17.7 Å².